The van der Waals surface area contributed by atoms with Gasteiger partial charge in [0.1, 0.15) is 0 Å². The summed E-state index contributed by atoms with van der Waals surface area (Å²) in [5.41, 5.74) is 0. The summed E-state index contributed by atoms with van der Waals surface area (Å²) in [6.07, 6.45) is 23.3. The van der Waals surface area contributed by atoms with Gasteiger partial charge in [0.15, 0.2) is 0 Å². The van der Waals surface area contributed by atoms with Crippen LogP contribution in [0.25, 0.3) is 0 Å². The Morgan fingerprint density at radius 1 is 0.727 bits per heavy atom. The zero-order valence-electron chi connectivity index (χ0n) is 15.2. The van der Waals surface area contributed by atoms with Crippen LogP contribution in [0.3, 0.4) is 0 Å². The molecule has 0 fully saturated rings. The summed E-state index contributed by atoms with van der Waals surface area (Å²) in [5.74, 6) is 0.0905. The van der Waals surface area contributed by atoms with Gasteiger partial charge in [-0.15, -0.1) is 0 Å². The maximum atomic E-state index is 10.7. The number of amides is 1. The molecule has 2 heteroatoms. The summed E-state index contributed by atoms with van der Waals surface area (Å²) in [5, 5.41) is 2.85. The molecule has 0 unspecified atom stereocenters. The summed E-state index contributed by atoms with van der Waals surface area (Å²) in [7, 11) is 0. The van der Waals surface area contributed by atoms with Gasteiger partial charge in [-0.05, 0) is 32.1 Å². The van der Waals surface area contributed by atoms with Gasteiger partial charge in [0.2, 0.25) is 5.91 Å². The molecule has 22 heavy (non-hydrogen) atoms. The molecule has 0 aromatic rings. The first-order valence-electron chi connectivity index (χ1n) is 9.66. The Balaban J connectivity index is 3.06. The Kier molecular flexibility index (Phi) is 17.6. The average Bonchev–Trinajstić information content (AvgIpc) is 2.50. The largest absolute Gasteiger partial charge is 0.356 e. The molecule has 0 aliphatic heterocycles. The van der Waals surface area contributed by atoms with Gasteiger partial charge >= 0.3 is 0 Å². The second kappa shape index (κ2) is 18.3. The molecular formula is C20H39NO. The number of allylic oxidation sites excluding steroid dienone is 2. The van der Waals surface area contributed by atoms with Crippen molar-refractivity contribution < 1.29 is 4.79 Å². The quantitative estimate of drug-likeness (QED) is 0.268. The first kappa shape index (κ1) is 21.2. The van der Waals surface area contributed by atoms with Crippen molar-refractivity contribution in [1.29, 1.82) is 0 Å². The van der Waals surface area contributed by atoms with Gasteiger partial charge in [-0.25, -0.2) is 0 Å². The molecular weight excluding hydrogens is 270 g/mol. The van der Waals surface area contributed by atoms with Gasteiger partial charge in [-0.1, -0.05) is 76.9 Å². The molecule has 0 atom stereocenters. The highest BCUT2D eigenvalue weighted by Crippen LogP contribution is 2.09. The molecule has 2 nitrogen and oxygen atoms in total. The molecule has 130 valence electrons. The Morgan fingerprint density at radius 2 is 1.18 bits per heavy atom. The molecule has 0 bridgehead atoms. The Hall–Kier alpha value is -0.790. The number of carbonyl (C=O) groups is 1. The number of hydrogen-bond acceptors (Lipinski definition) is 1. The maximum Gasteiger partial charge on any atom is 0.216 e. The van der Waals surface area contributed by atoms with Crippen molar-refractivity contribution in [3.05, 3.63) is 12.2 Å². The molecule has 1 amide bonds. The summed E-state index contributed by atoms with van der Waals surface area (Å²) >= 11 is 0. The van der Waals surface area contributed by atoms with Crippen LogP contribution in [0.1, 0.15) is 104 Å². The summed E-state index contributed by atoms with van der Waals surface area (Å²) in [4.78, 5) is 10.7. The van der Waals surface area contributed by atoms with Gasteiger partial charge in [-0.2, -0.15) is 0 Å². The number of carbonyl (C=O) groups excluding carboxylic acids is 1. The highest BCUT2D eigenvalue weighted by molar-refractivity contribution is 5.72. The monoisotopic (exact) mass is 309 g/mol. The van der Waals surface area contributed by atoms with Gasteiger partial charge in [-0.3, -0.25) is 4.79 Å². The molecule has 0 saturated carbocycles. The molecule has 0 rings (SSSR count). The van der Waals surface area contributed by atoms with E-state index in [1.54, 1.807) is 6.92 Å². The second-order valence-corrected chi connectivity index (χ2v) is 6.42. The third-order valence-corrected chi connectivity index (χ3v) is 4.06. The third-order valence-electron chi connectivity index (χ3n) is 4.06. The van der Waals surface area contributed by atoms with Crippen LogP contribution in [0.15, 0.2) is 12.2 Å². The van der Waals surface area contributed by atoms with Crippen LogP contribution in [0.2, 0.25) is 0 Å². The fraction of sp³-hybridized carbons (Fsp3) is 0.850. The fourth-order valence-electron chi connectivity index (χ4n) is 2.64. The van der Waals surface area contributed by atoms with E-state index in [1.165, 1.54) is 83.5 Å². The van der Waals surface area contributed by atoms with E-state index >= 15 is 0 Å². The lowest BCUT2D eigenvalue weighted by molar-refractivity contribution is -0.118. The van der Waals surface area contributed by atoms with Crippen molar-refractivity contribution in [2.45, 2.75) is 104 Å². The SMILES string of the molecule is CCCCCCCC/C=C/CCCCCCCCNC(C)=O. The van der Waals surface area contributed by atoms with E-state index in [0.29, 0.717) is 0 Å². The smallest absolute Gasteiger partial charge is 0.216 e. The van der Waals surface area contributed by atoms with Crippen molar-refractivity contribution in [2.75, 3.05) is 6.54 Å². The second-order valence-electron chi connectivity index (χ2n) is 6.42. The van der Waals surface area contributed by atoms with E-state index in [-0.39, 0.29) is 5.91 Å². The lowest BCUT2D eigenvalue weighted by Gasteiger charge is -2.02. The topological polar surface area (TPSA) is 29.1 Å². The average molecular weight is 310 g/mol. The van der Waals surface area contributed by atoms with E-state index in [4.69, 9.17) is 0 Å². The molecule has 0 aliphatic carbocycles. The van der Waals surface area contributed by atoms with E-state index in [1.807, 2.05) is 0 Å². The van der Waals surface area contributed by atoms with Crippen LogP contribution in [-0.4, -0.2) is 12.5 Å². The van der Waals surface area contributed by atoms with Crippen LogP contribution in [0.5, 0.6) is 0 Å². The van der Waals surface area contributed by atoms with Crippen molar-refractivity contribution >= 4 is 5.91 Å². The summed E-state index contributed by atoms with van der Waals surface area (Å²) < 4.78 is 0. The van der Waals surface area contributed by atoms with Crippen LogP contribution in [0, 0.1) is 0 Å². The van der Waals surface area contributed by atoms with Crippen LogP contribution in [0.4, 0.5) is 0 Å². The van der Waals surface area contributed by atoms with Crippen LogP contribution in [-0.2, 0) is 4.79 Å². The predicted molar refractivity (Wildman–Crippen MR) is 98.1 cm³/mol. The summed E-state index contributed by atoms with van der Waals surface area (Å²) in [6, 6.07) is 0. The normalized spacial score (nSPS) is 11.2. The lowest BCUT2D eigenvalue weighted by Crippen LogP contribution is -2.20. The molecule has 0 saturated heterocycles. The minimum Gasteiger partial charge on any atom is -0.356 e. The molecule has 0 aromatic carbocycles. The zero-order valence-corrected chi connectivity index (χ0v) is 15.2. The Bertz CT molecular complexity index is 260. The van der Waals surface area contributed by atoms with Crippen molar-refractivity contribution in [3.63, 3.8) is 0 Å². The Labute approximate surface area is 139 Å². The van der Waals surface area contributed by atoms with E-state index in [9.17, 15) is 4.79 Å². The zero-order chi connectivity index (χ0) is 16.3. The number of hydrogen-bond donors (Lipinski definition) is 1. The first-order valence-corrected chi connectivity index (χ1v) is 9.66. The van der Waals surface area contributed by atoms with Crippen molar-refractivity contribution in [2.24, 2.45) is 0 Å². The highest BCUT2D eigenvalue weighted by atomic mass is 16.1. The van der Waals surface area contributed by atoms with Crippen molar-refractivity contribution in [3.8, 4) is 0 Å². The van der Waals surface area contributed by atoms with Gasteiger partial charge in [0, 0.05) is 13.5 Å². The van der Waals surface area contributed by atoms with Crippen LogP contribution >= 0.6 is 0 Å². The molecule has 0 aromatic heterocycles. The van der Waals surface area contributed by atoms with E-state index in [0.717, 1.165) is 13.0 Å². The van der Waals surface area contributed by atoms with Gasteiger partial charge < -0.3 is 5.32 Å². The lowest BCUT2D eigenvalue weighted by atomic mass is 10.1. The Morgan fingerprint density at radius 3 is 1.68 bits per heavy atom. The van der Waals surface area contributed by atoms with E-state index < -0.39 is 0 Å². The first-order chi connectivity index (χ1) is 10.8. The molecule has 1 N–H and O–H groups in total. The van der Waals surface area contributed by atoms with E-state index in [2.05, 4.69) is 24.4 Å². The maximum absolute atomic E-state index is 10.7. The molecule has 0 spiro atoms. The summed E-state index contributed by atoms with van der Waals surface area (Å²) in [6.45, 7) is 4.70. The predicted octanol–water partition coefficient (Wildman–Crippen LogP) is 6.16. The molecule has 0 aliphatic rings. The fourth-order valence-corrected chi connectivity index (χ4v) is 2.64. The molecule has 0 heterocycles. The third kappa shape index (κ3) is 19.2. The number of nitrogens with one attached hydrogen (secondary N) is 1. The minimum absolute atomic E-state index is 0.0905. The standard InChI is InChI=1S/C20H39NO/c1-3-4-5-6-7-8-9-10-11-12-13-14-15-16-17-18-19-21-20(2)22/h10-11H,3-9,12-19H2,1-2H3,(H,21,22)/b11-10+. The number of rotatable bonds is 16. The van der Waals surface area contributed by atoms with Gasteiger partial charge in [0.25, 0.3) is 0 Å². The molecule has 0 radical (unpaired) electrons. The van der Waals surface area contributed by atoms with Gasteiger partial charge in [0.05, 0.1) is 0 Å². The van der Waals surface area contributed by atoms with Crippen molar-refractivity contribution in [1.82, 2.24) is 5.32 Å². The highest BCUT2D eigenvalue weighted by Gasteiger charge is 1.93. The minimum atomic E-state index is 0.0905. The van der Waals surface area contributed by atoms with Crippen LogP contribution < -0.4 is 5.32 Å². The number of unbranched alkanes of at least 4 members (excludes halogenated alkanes) is 12.